The quantitative estimate of drug-likeness (QED) is 0.402. The number of pyridine rings is 1. The van der Waals surface area contributed by atoms with E-state index in [-0.39, 0.29) is 12.1 Å². The summed E-state index contributed by atoms with van der Waals surface area (Å²) in [5.41, 5.74) is -0.508. The number of aliphatic hydroxyl groups is 1. The van der Waals surface area contributed by atoms with Gasteiger partial charge >= 0.3 is 0 Å². The zero-order valence-corrected chi connectivity index (χ0v) is 19.1. The second-order valence-electron chi connectivity index (χ2n) is 7.40. The summed E-state index contributed by atoms with van der Waals surface area (Å²) in [6, 6.07) is 7.18. The van der Waals surface area contributed by atoms with E-state index in [1.54, 1.807) is 23.2 Å². The molecule has 0 amide bonds. The summed E-state index contributed by atoms with van der Waals surface area (Å²) >= 11 is 0. The summed E-state index contributed by atoms with van der Waals surface area (Å²) in [6.07, 6.45) is 9.25. The largest absolute Gasteiger partial charge is 0.382 e. The summed E-state index contributed by atoms with van der Waals surface area (Å²) in [7, 11) is 3.16. The second-order valence-corrected chi connectivity index (χ2v) is 10.3. The molecule has 0 aliphatic heterocycles. The molecule has 166 valence electrons. The smallest absolute Gasteiger partial charge is 0.137 e. The van der Waals surface area contributed by atoms with Crippen LogP contribution in [0.2, 0.25) is 0 Å². The minimum atomic E-state index is -1.67. The van der Waals surface area contributed by atoms with Crippen molar-refractivity contribution in [3.05, 3.63) is 78.1 Å². The van der Waals surface area contributed by atoms with Crippen molar-refractivity contribution in [1.82, 2.24) is 19.7 Å². The minimum Gasteiger partial charge on any atom is -0.382 e. The Morgan fingerprint density at radius 1 is 1.13 bits per heavy atom. The standard InChI is InChI=1S/C22H26F2N4OS2/c1-3-19(6-4-17-8-10-25-11-9-17)31-30-16(2)22(29,13-28-15-26-14-27-28)20-12-18(23)5-7-21(20)24/h5,7-12,14-16,19,29H,3-4,6,13H2,1-2H3/t16-,19?,22-/m1/s1. The van der Waals surface area contributed by atoms with Crippen LogP contribution in [0.4, 0.5) is 8.78 Å². The topological polar surface area (TPSA) is 63.8 Å². The SMILES string of the molecule is CCC(CCc1ccncc1)SS[C@H](C)[C@](O)(Cn1cncn1)c1cc(F)ccc1F. The highest BCUT2D eigenvalue weighted by molar-refractivity contribution is 8.77. The Morgan fingerprint density at radius 2 is 1.90 bits per heavy atom. The molecule has 9 heteroatoms. The molecule has 1 unspecified atom stereocenters. The van der Waals surface area contributed by atoms with Crippen LogP contribution in [0.25, 0.3) is 0 Å². The maximum absolute atomic E-state index is 14.6. The molecule has 3 atom stereocenters. The van der Waals surface area contributed by atoms with Gasteiger partial charge < -0.3 is 5.11 Å². The van der Waals surface area contributed by atoms with E-state index < -0.39 is 22.5 Å². The Morgan fingerprint density at radius 3 is 2.58 bits per heavy atom. The third-order valence-corrected chi connectivity index (χ3v) is 8.88. The number of aryl methyl sites for hydroxylation is 1. The van der Waals surface area contributed by atoms with Gasteiger partial charge in [0.2, 0.25) is 0 Å². The first-order valence-electron chi connectivity index (χ1n) is 10.1. The van der Waals surface area contributed by atoms with Crippen molar-refractivity contribution in [3.63, 3.8) is 0 Å². The van der Waals surface area contributed by atoms with Gasteiger partial charge in [0.25, 0.3) is 0 Å². The normalized spacial score (nSPS) is 15.4. The molecule has 0 aliphatic carbocycles. The van der Waals surface area contributed by atoms with Crippen molar-refractivity contribution in [2.24, 2.45) is 0 Å². The number of nitrogens with zero attached hydrogens (tertiary/aromatic N) is 4. The van der Waals surface area contributed by atoms with Crippen LogP contribution >= 0.6 is 21.6 Å². The molecule has 2 aromatic heterocycles. The highest BCUT2D eigenvalue weighted by Gasteiger charge is 2.40. The average molecular weight is 465 g/mol. The molecule has 31 heavy (non-hydrogen) atoms. The molecule has 2 heterocycles. The summed E-state index contributed by atoms with van der Waals surface area (Å²) in [5, 5.41) is 15.5. The van der Waals surface area contributed by atoms with Gasteiger partial charge in [-0.05, 0) is 62.1 Å². The average Bonchev–Trinajstić information content (AvgIpc) is 3.28. The fourth-order valence-electron chi connectivity index (χ4n) is 3.26. The first-order valence-corrected chi connectivity index (χ1v) is 12.4. The van der Waals surface area contributed by atoms with Gasteiger partial charge in [0.15, 0.2) is 0 Å². The molecule has 1 N–H and O–H groups in total. The molecule has 0 saturated heterocycles. The molecule has 0 spiro atoms. The Balaban J connectivity index is 1.73. The van der Waals surface area contributed by atoms with Crippen molar-refractivity contribution in [2.75, 3.05) is 0 Å². The fraction of sp³-hybridized carbons (Fsp3) is 0.409. The van der Waals surface area contributed by atoms with Gasteiger partial charge in [0.05, 0.1) is 6.54 Å². The molecular formula is C22H26F2N4OS2. The lowest BCUT2D eigenvalue weighted by molar-refractivity contribution is 0.0134. The third-order valence-electron chi connectivity index (χ3n) is 5.23. The van der Waals surface area contributed by atoms with Gasteiger partial charge in [0, 0.05) is 28.5 Å². The Bertz CT molecular complexity index is 946. The van der Waals surface area contributed by atoms with Crippen molar-refractivity contribution < 1.29 is 13.9 Å². The number of halogens is 2. The van der Waals surface area contributed by atoms with Crippen LogP contribution in [0, 0.1) is 11.6 Å². The first kappa shape index (κ1) is 23.7. The van der Waals surface area contributed by atoms with Crippen LogP contribution in [0.1, 0.15) is 37.8 Å². The van der Waals surface area contributed by atoms with Crippen LogP contribution in [0.15, 0.2) is 55.4 Å². The van der Waals surface area contributed by atoms with Gasteiger partial charge in [-0.3, -0.25) is 4.98 Å². The fourth-order valence-corrected chi connectivity index (χ4v) is 6.44. The maximum Gasteiger partial charge on any atom is 0.137 e. The summed E-state index contributed by atoms with van der Waals surface area (Å²) in [4.78, 5) is 7.94. The monoisotopic (exact) mass is 464 g/mol. The van der Waals surface area contributed by atoms with Crippen molar-refractivity contribution in [1.29, 1.82) is 0 Å². The van der Waals surface area contributed by atoms with E-state index in [9.17, 15) is 13.9 Å². The van der Waals surface area contributed by atoms with E-state index >= 15 is 0 Å². The molecular weight excluding hydrogens is 438 g/mol. The predicted octanol–water partition coefficient (Wildman–Crippen LogP) is 5.02. The molecule has 0 fully saturated rings. The lowest BCUT2D eigenvalue weighted by Crippen LogP contribution is -2.41. The van der Waals surface area contributed by atoms with E-state index in [1.807, 2.05) is 19.1 Å². The molecule has 0 bridgehead atoms. The first-order chi connectivity index (χ1) is 14.9. The van der Waals surface area contributed by atoms with E-state index in [0.717, 1.165) is 37.5 Å². The van der Waals surface area contributed by atoms with Crippen molar-refractivity contribution in [2.45, 2.75) is 55.8 Å². The van der Waals surface area contributed by atoms with E-state index in [1.165, 1.54) is 33.7 Å². The number of rotatable bonds is 11. The van der Waals surface area contributed by atoms with Crippen LogP contribution in [0.5, 0.6) is 0 Å². The minimum absolute atomic E-state index is 0.0318. The molecule has 0 radical (unpaired) electrons. The molecule has 3 rings (SSSR count). The lowest BCUT2D eigenvalue weighted by atomic mass is 9.90. The van der Waals surface area contributed by atoms with E-state index in [0.29, 0.717) is 5.25 Å². The summed E-state index contributed by atoms with van der Waals surface area (Å²) < 4.78 is 30.0. The number of hydrogen-bond acceptors (Lipinski definition) is 6. The third kappa shape index (κ3) is 6.27. The number of hydrogen-bond donors (Lipinski definition) is 1. The van der Waals surface area contributed by atoms with Gasteiger partial charge in [-0.1, -0.05) is 28.5 Å². The molecule has 5 nitrogen and oxygen atoms in total. The molecule has 3 aromatic rings. The Labute approximate surface area is 189 Å². The van der Waals surface area contributed by atoms with Gasteiger partial charge in [-0.25, -0.2) is 18.4 Å². The summed E-state index contributed by atoms with van der Waals surface area (Å²) in [5.74, 6) is -1.24. The zero-order valence-electron chi connectivity index (χ0n) is 17.5. The lowest BCUT2D eigenvalue weighted by Gasteiger charge is -2.34. The predicted molar refractivity (Wildman–Crippen MR) is 122 cm³/mol. The summed E-state index contributed by atoms with van der Waals surface area (Å²) in [6.45, 7) is 3.92. The van der Waals surface area contributed by atoms with Crippen molar-refractivity contribution >= 4 is 21.6 Å². The van der Waals surface area contributed by atoms with Crippen LogP contribution in [0.3, 0.4) is 0 Å². The van der Waals surface area contributed by atoms with Gasteiger partial charge in [-0.2, -0.15) is 5.10 Å². The number of aromatic nitrogens is 4. The molecule has 0 aliphatic rings. The van der Waals surface area contributed by atoms with Crippen LogP contribution in [-0.4, -0.2) is 35.4 Å². The van der Waals surface area contributed by atoms with Gasteiger partial charge in [0.1, 0.15) is 29.9 Å². The van der Waals surface area contributed by atoms with Crippen molar-refractivity contribution in [3.8, 4) is 0 Å². The van der Waals surface area contributed by atoms with Crippen LogP contribution < -0.4 is 0 Å². The Kier molecular flexibility index (Phi) is 8.45. The van der Waals surface area contributed by atoms with E-state index in [4.69, 9.17) is 0 Å². The molecule has 0 saturated carbocycles. The van der Waals surface area contributed by atoms with Crippen LogP contribution in [-0.2, 0) is 18.6 Å². The van der Waals surface area contributed by atoms with E-state index in [2.05, 4.69) is 22.0 Å². The Hall–Kier alpha value is -1.97. The zero-order chi connectivity index (χ0) is 22.3. The highest BCUT2D eigenvalue weighted by Crippen LogP contribution is 2.43. The highest BCUT2D eigenvalue weighted by atomic mass is 33.1. The second kappa shape index (κ2) is 11.1. The maximum atomic E-state index is 14.6. The number of benzene rings is 1. The molecule has 1 aromatic carbocycles. The van der Waals surface area contributed by atoms with Gasteiger partial charge in [-0.15, -0.1) is 0 Å².